The van der Waals surface area contributed by atoms with Gasteiger partial charge in [-0.05, 0) is 38.0 Å². The maximum Gasteiger partial charge on any atom is 0.181 e. The molecule has 3 aromatic rings. The number of hydrogen-bond acceptors (Lipinski definition) is 3. The van der Waals surface area contributed by atoms with Gasteiger partial charge in [0.25, 0.3) is 0 Å². The van der Waals surface area contributed by atoms with Gasteiger partial charge in [-0.2, -0.15) is 5.10 Å². The Hall–Kier alpha value is -2.49. The molecule has 104 valence electrons. The summed E-state index contributed by atoms with van der Waals surface area (Å²) in [4.78, 5) is 9.18. The Morgan fingerprint density at radius 2 is 1.76 bits per heavy atom. The van der Waals surface area contributed by atoms with Crippen molar-refractivity contribution in [3.05, 3.63) is 53.3 Å². The van der Waals surface area contributed by atoms with E-state index < -0.39 is 0 Å². The first-order valence-electron chi connectivity index (χ1n) is 7.19. The lowest BCUT2D eigenvalue weighted by Gasteiger charge is -2.15. The molecule has 1 aliphatic rings. The number of pyridine rings is 1. The van der Waals surface area contributed by atoms with Gasteiger partial charge < -0.3 is 0 Å². The minimum absolute atomic E-state index is 0.787. The predicted octanol–water partition coefficient (Wildman–Crippen LogP) is 3.18. The minimum Gasteiger partial charge on any atom is -0.258 e. The zero-order valence-corrected chi connectivity index (χ0v) is 12.2. The smallest absolute Gasteiger partial charge is 0.181 e. The van der Waals surface area contributed by atoms with Gasteiger partial charge in [-0.1, -0.05) is 24.3 Å². The van der Waals surface area contributed by atoms with Crippen LogP contribution in [0.2, 0.25) is 0 Å². The van der Waals surface area contributed by atoms with Crippen molar-refractivity contribution in [3.63, 3.8) is 0 Å². The molecule has 4 nitrogen and oxygen atoms in total. The summed E-state index contributed by atoms with van der Waals surface area (Å²) in [5.41, 5.74) is 5.59. The highest BCUT2D eigenvalue weighted by atomic mass is 15.3. The number of aryl methyl sites for hydroxylation is 4. The number of aromatic nitrogens is 4. The third kappa shape index (κ3) is 2.03. The van der Waals surface area contributed by atoms with Crippen molar-refractivity contribution in [2.24, 2.45) is 0 Å². The van der Waals surface area contributed by atoms with Gasteiger partial charge in [0.2, 0.25) is 0 Å². The van der Waals surface area contributed by atoms with Crippen LogP contribution in [0.15, 0.2) is 36.4 Å². The van der Waals surface area contributed by atoms with E-state index in [4.69, 9.17) is 4.98 Å². The van der Waals surface area contributed by atoms with E-state index in [9.17, 15) is 0 Å². The van der Waals surface area contributed by atoms with Crippen molar-refractivity contribution in [2.75, 3.05) is 0 Å². The van der Waals surface area contributed by atoms with E-state index in [1.54, 1.807) is 0 Å². The molecule has 0 fully saturated rings. The molecule has 1 aliphatic heterocycles. The van der Waals surface area contributed by atoms with Crippen LogP contribution in [0.25, 0.3) is 22.8 Å². The lowest BCUT2D eigenvalue weighted by atomic mass is 10.0. The van der Waals surface area contributed by atoms with E-state index in [-0.39, 0.29) is 0 Å². The molecule has 2 aromatic heterocycles. The summed E-state index contributed by atoms with van der Waals surface area (Å²) in [5.74, 6) is 1.76. The van der Waals surface area contributed by atoms with Gasteiger partial charge >= 0.3 is 0 Å². The predicted molar refractivity (Wildman–Crippen MR) is 81.9 cm³/mol. The van der Waals surface area contributed by atoms with E-state index in [0.717, 1.165) is 41.6 Å². The molecule has 0 saturated carbocycles. The van der Waals surface area contributed by atoms with Crippen molar-refractivity contribution >= 4 is 0 Å². The van der Waals surface area contributed by atoms with Crippen molar-refractivity contribution < 1.29 is 0 Å². The molecule has 4 rings (SSSR count). The largest absolute Gasteiger partial charge is 0.258 e. The van der Waals surface area contributed by atoms with Gasteiger partial charge in [-0.25, -0.2) is 9.67 Å². The molecule has 0 bridgehead atoms. The first kappa shape index (κ1) is 12.3. The fraction of sp³-hybridized carbons (Fsp3) is 0.235. The van der Waals surface area contributed by atoms with Crippen molar-refractivity contribution in [1.29, 1.82) is 0 Å². The van der Waals surface area contributed by atoms with Gasteiger partial charge in [0.05, 0.1) is 0 Å². The van der Waals surface area contributed by atoms with Crippen molar-refractivity contribution in [2.45, 2.75) is 26.8 Å². The second-order valence-corrected chi connectivity index (χ2v) is 5.53. The molecule has 0 radical (unpaired) electrons. The molecule has 21 heavy (non-hydrogen) atoms. The van der Waals surface area contributed by atoms with E-state index in [1.165, 1.54) is 11.1 Å². The first-order chi connectivity index (χ1) is 10.2. The van der Waals surface area contributed by atoms with Gasteiger partial charge in [0.1, 0.15) is 0 Å². The standard InChI is InChI=1S/C17H16N4/c1-11-9-14(10-12(2)18-11)16-19-17-15-6-4-3-5-13(15)7-8-21(17)20-16/h3-6,9-10H,7-8H2,1-2H3. The van der Waals surface area contributed by atoms with E-state index in [1.807, 2.05) is 30.7 Å². The van der Waals surface area contributed by atoms with Crippen LogP contribution in [-0.4, -0.2) is 19.7 Å². The highest BCUT2D eigenvalue weighted by Crippen LogP contribution is 2.29. The van der Waals surface area contributed by atoms with Gasteiger partial charge in [0.15, 0.2) is 11.6 Å². The molecular weight excluding hydrogens is 260 g/mol. The zero-order valence-electron chi connectivity index (χ0n) is 12.2. The molecule has 4 heteroatoms. The summed E-state index contributed by atoms with van der Waals surface area (Å²) in [6.07, 6.45) is 1.01. The maximum atomic E-state index is 4.77. The van der Waals surface area contributed by atoms with Crippen LogP contribution in [0.3, 0.4) is 0 Å². The van der Waals surface area contributed by atoms with Crippen LogP contribution in [0.5, 0.6) is 0 Å². The van der Waals surface area contributed by atoms with Crippen LogP contribution in [0.4, 0.5) is 0 Å². The highest BCUT2D eigenvalue weighted by molar-refractivity contribution is 5.66. The third-order valence-electron chi connectivity index (χ3n) is 3.86. The molecule has 3 heterocycles. The molecule has 1 aromatic carbocycles. The number of nitrogens with zero attached hydrogens (tertiary/aromatic N) is 4. The molecule has 0 unspecified atom stereocenters. The molecule has 0 N–H and O–H groups in total. The van der Waals surface area contributed by atoms with Crippen LogP contribution < -0.4 is 0 Å². The summed E-state index contributed by atoms with van der Waals surface area (Å²) in [6, 6.07) is 12.5. The van der Waals surface area contributed by atoms with Gasteiger partial charge in [-0.15, -0.1) is 0 Å². The zero-order chi connectivity index (χ0) is 14.4. The average Bonchev–Trinajstić information content (AvgIpc) is 2.91. The van der Waals surface area contributed by atoms with Crippen LogP contribution in [0.1, 0.15) is 17.0 Å². The summed E-state index contributed by atoms with van der Waals surface area (Å²) in [7, 11) is 0. The molecular formula is C17H16N4. The second-order valence-electron chi connectivity index (χ2n) is 5.53. The number of rotatable bonds is 1. The Morgan fingerprint density at radius 3 is 2.57 bits per heavy atom. The topological polar surface area (TPSA) is 43.6 Å². The quantitative estimate of drug-likeness (QED) is 0.685. The monoisotopic (exact) mass is 276 g/mol. The minimum atomic E-state index is 0.787. The fourth-order valence-electron chi connectivity index (χ4n) is 2.97. The van der Waals surface area contributed by atoms with E-state index in [2.05, 4.69) is 34.3 Å². The summed E-state index contributed by atoms with van der Waals surface area (Å²) >= 11 is 0. The number of benzene rings is 1. The van der Waals surface area contributed by atoms with Crippen LogP contribution in [0, 0.1) is 13.8 Å². The summed E-state index contributed by atoms with van der Waals surface area (Å²) in [5, 5.41) is 4.68. The maximum absolute atomic E-state index is 4.77. The molecule has 0 spiro atoms. The van der Waals surface area contributed by atoms with Crippen LogP contribution >= 0.6 is 0 Å². The summed E-state index contributed by atoms with van der Waals surface area (Å²) in [6.45, 7) is 4.89. The lowest BCUT2D eigenvalue weighted by molar-refractivity contribution is 0.607. The van der Waals surface area contributed by atoms with Gasteiger partial charge in [0, 0.05) is 29.1 Å². The Kier molecular flexibility index (Phi) is 2.64. The summed E-state index contributed by atoms with van der Waals surface area (Å²) < 4.78 is 2.02. The molecule has 0 aliphatic carbocycles. The normalized spacial score (nSPS) is 12.9. The molecule has 0 saturated heterocycles. The van der Waals surface area contributed by atoms with E-state index >= 15 is 0 Å². The SMILES string of the molecule is Cc1cc(-c2nc3n(n2)CCc2ccccc2-3)cc(C)n1. The van der Waals surface area contributed by atoms with Crippen molar-refractivity contribution in [3.8, 4) is 22.8 Å². The first-order valence-corrected chi connectivity index (χ1v) is 7.19. The van der Waals surface area contributed by atoms with Crippen LogP contribution in [-0.2, 0) is 13.0 Å². The Balaban J connectivity index is 1.87. The van der Waals surface area contributed by atoms with Crippen molar-refractivity contribution in [1.82, 2.24) is 19.7 Å². The Bertz CT molecular complexity index is 812. The Labute approximate surface area is 123 Å². The fourth-order valence-corrected chi connectivity index (χ4v) is 2.97. The molecule has 0 amide bonds. The third-order valence-corrected chi connectivity index (χ3v) is 3.86. The van der Waals surface area contributed by atoms with E-state index in [0.29, 0.717) is 0 Å². The number of fused-ring (bicyclic) bond motifs is 3. The highest BCUT2D eigenvalue weighted by Gasteiger charge is 2.20. The average molecular weight is 276 g/mol. The second kappa shape index (κ2) is 4.52. The molecule has 0 atom stereocenters. The number of hydrogen-bond donors (Lipinski definition) is 0. The lowest BCUT2D eigenvalue weighted by Crippen LogP contribution is -2.11. The van der Waals surface area contributed by atoms with Gasteiger partial charge in [-0.3, -0.25) is 4.98 Å². The Morgan fingerprint density at radius 1 is 1.00 bits per heavy atom.